The van der Waals surface area contributed by atoms with Crippen molar-refractivity contribution in [3.63, 3.8) is 0 Å². The van der Waals surface area contributed by atoms with Crippen LogP contribution in [0.25, 0.3) is 10.8 Å². The first-order valence-corrected chi connectivity index (χ1v) is 6.64. The minimum Gasteiger partial charge on any atom is -0.267 e. The van der Waals surface area contributed by atoms with E-state index < -0.39 is 0 Å². The number of hydrogen-bond acceptors (Lipinski definition) is 4. The molecule has 1 heterocycles. The lowest BCUT2D eigenvalue weighted by Gasteiger charge is -2.03. The molecule has 0 aliphatic carbocycles. The van der Waals surface area contributed by atoms with E-state index in [1.54, 1.807) is 30.5 Å². The number of hydrogen-bond donors (Lipinski definition) is 2. The molecule has 5 nitrogen and oxygen atoms in total. The van der Waals surface area contributed by atoms with Crippen LogP contribution in [0.2, 0.25) is 5.02 Å². The number of nitrogens with one attached hydrogen (secondary N) is 2. The Balaban J connectivity index is 1.87. The van der Waals surface area contributed by atoms with Gasteiger partial charge in [-0.1, -0.05) is 41.9 Å². The summed E-state index contributed by atoms with van der Waals surface area (Å²) in [4.78, 5) is 11.7. The Labute approximate surface area is 125 Å². The summed E-state index contributed by atoms with van der Waals surface area (Å²) in [6.45, 7) is 0. The van der Waals surface area contributed by atoms with Crippen LogP contribution in [0.4, 0.5) is 5.82 Å². The molecule has 0 atom stereocenters. The van der Waals surface area contributed by atoms with E-state index in [1.807, 2.05) is 24.3 Å². The van der Waals surface area contributed by atoms with Crippen LogP contribution >= 0.6 is 11.6 Å². The maximum Gasteiger partial charge on any atom is 0.272 e. The summed E-state index contributed by atoms with van der Waals surface area (Å²) < 4.78 is 0. The third-order valence-electron chi connectivity index (χ3n) is 2.95. The number of aromatic nitrogens is 2. The van der Waals surface area contributed by atoms with Crippen molar-refractivity contribution in [2.75, 3.05) is 5.43 Å². The van der Waals surface area contributed by atoms with E-state index in [2.05, 4.69) is 20.7 Å². The van der Waals surface area contributed by atoms with E-state index in [-0.39, 0.29) is 5.56 Å². The quantitative estimate of drug-likeness (QED) is 0.577. The summed E-state index contributed by atoms with van der Waals surface area (Å²) in [6.07, 6.45) is 1.65. The lowest BCUT2D eigenvalue weighted by Crippen LogP contribution is -2.10. The molecule has 0 bridgehead atoms. The zero-order valence-electron chi connectivity index (χ0n) is 10.9. The lowest BCUT2D eigenvalue weighted by atomic mass is 10.2. The smallest absolute Gasteiger partial charge is 0.267 e. The molecule has 21 heavy (non-hydrogen) atoms. The Morgan fingerprint density at radius 2 is 1.81 bits per heavy atom. The number of rotatable bonds is 3. The molecule has 0 spiro atoms. The van der Waals surface area contributed by atoms with Gasteiger partial charge in [-0.05, 0) is 23.8 Å². The molecule has 3 aromatic rings. The van der Waals surface area contributed by atoms with Gasteiger partial charge in [-0.3, -0.25) is 10.2 Å². The van der Waals surface area contributed by atoms with E-state index in [0.717, 1.165) is 10.9 Å². The second-order valence-electron chi connectivity index (χ2n) is 4.37. The SMILES string of the molecule is O=c1[nH]nc(N/N=C\c2ccc(Cl)cc2)c2ccccc12. The summed E-state index contributed by atoms with van der Waals surface area (Å²) in [6, 6.07) is 14.5. The molecule has 3 rings (SSSR count). The molecule has 0 saturated heterocycles. The second-order valence-corrected chi connectivity index (χ2v) is 4.80. The highest BCUT2D eigenvalue weighted by Gasteiger charge is 2.04. The third kappa shape index (κ3) is 2.93. The van der Waals surface area contributed by atoms with Crippen molar-refractivity contribution in [1.82, 2.24) is 10.2 Å². The molecule has 2 aromatic carbocycles. The highest BCUT2D eigenvalue weighted by molar-refractivity contribution is 6.30. The monoisotopic (exact) mass is 298 g/mol. The molecule has 0 unspecified atom stereocenters. The predicted molar refractivity (Wildman–Crippen MR) is 85.0 cm³/mol. The molecular weight excluding hydrogens is 288 g/mol. The normalized spacial score (nSPS) is 11.1. The average Bonchev–Trinajstić information content (AvgIpc) is 2.52. The third-order valence-corrected chi connectivity index (χ3v) is 3.20. The molecule has 104 valence electrons. The number of anilines is 1. The van der Waals surface area contributed by atoms with Crippen LogP contribution in [0, 0.1) is 0 Å². The molecule has 0 fully saturated rings. The second kappa shape index (κ2) is 5.76. The number of hydrazone groups is 1. The summed E-state index contributed by atoms with van der Waals surface area (Å²) in [5.41, 5.74) is 3.51. The summed E-state index contributed by atoms with van der Waals surface area (Å²) in [7, 11) is 0. The van der Waals surface area contributed by atoms with E-state index in [9.17, 15) is 4.79 Å². The molecule has 2 N–H and O–H groups in total. The Morgan fingerprint density at radius 3 is 2.57 bits per heavy atom. The van der Waals surface area contributed by atoms with E-state index in [4.69, 9.17) is 11.6 Å². The fourth-order valence-corrected chi connectivity index (χ4v) is 2.04. The maximum atomic E-state index is 11.7. The van der Waals surface area contributed by atoms with Crippen molar-refractivity contribution in [1.29, 1.82) is 0 Å². The highest BCUT2D eigenvalue weighted by atomic mass is 35.5. The van der Waals surface area contributed by atoms with Gasteiger partial charge in [0.15, 0.2) is 5.82 Å². The van der Waals surface area contributed by atoms with Crippen LogP contribution < -0.4 is 11.0 Å². The minimum absolute atomic E-state index is 0.224. The Bertz CT molecular complexity index is 855. The standard InChI is InChI=1S/C15H11ClN4O/c16-11-7-5-10(6-8-11)9-17-18-14-12-3-1-2-4-13(12)15(21)20-19-14/h1-9H,(H,18,19)(H,20,21)/b17-9-. The van der Waals surface area contributed by atoms with Gasteiger partial charge in [-0.15, -0.1) is 0 Å². The first-order chi connectivity index (χ1) is 10.2. The van der Waals surface area contributed by atoms with Crippen molar-refractivity contribution >= 4 is 34.4 Å². The first kappa shape index (κ1) is 13.3. The van der Waals surface area contributed by atoms with Crippen LogP contribution in [-0.4, -0.2) is 16.4 Å². The first-order valence-electron chi connectivity index (χ1n) is 6.26. The predicted octanol–water partition coefficient (Wildman–Crippen LogP) is 3.02. The van der Waals surface area contributed by atoms with Gasteiger partial charge >= 0.3 is 0 Å². The number of aromatic amines is 1. The Kier molecular flexibility index (Phi) is 3.66. The molecule has 1 aromatic heterocycles. The van der Waals surface area contributed by atoms with Gasteiger partial charge in [-0.2, -0.15) is 10.2 Å². The van der Waals surface area contributed by atoms with Gasteiger partial charge in [0.05, 0.1) is 11.6 Å². The average molecular weight is 299 g/mol. The van der Waals surface area contributed by atoms with Gasteiger partial charge in [-0.25, -0.2) is 5.10 Å². The number of nitrogens with zero attached hydrogens (tertiary/aromatic N) is 2. The molecule has 0 aliphatic rings. The number of fused-ring (bicyclic) bond motifs is 1. The topological polar surface area (TPSA) is 70.1 Å². The van der Waals surface area contributed by atoms with Gasteiger partial charge < -0.3 is 0 Å². The van der Waals surface area contributed by atoms with Crippen LogP contribution in [0.1, 0.15) is 5.56 Å². The fourth-order valence-electron chi connectivity index (χ4n) is 1.92. The van der Waals surface area contributed by atoms with Crippen LogP contribution in [-0.2, 0) is 0 Å². The maximum absolute atomic E-state index is 11.7. The summed E-state index contributed by atoms with van der Waals surface area (Å²) in [5.74, 6) is 0.496. The van der Waals surface area contributed by atoms with Gasteiger partial charge in [0, 0.05) is 10.4 Å². The van der Waals surface area contributed by atoms with Gasteiger partial charge in [0.25, 0.3) is 5.56 Å². The van der Waals surface area contributed by atoms with Crippen LogP contribution in [0.5, 0.6) is 0 Å². The van der Waals surface area contributed by atoms with Crippen LogP contribution in [0.15, 0.2) is 58.4 Å². The zero-order chi connectivity index (χ0) is 14.7. The molecular formula is C15H11ClN4O. The van der Waals surface area contributed by atoms with Crippen LogP contribution in [0.3, 0.4) is 0 Å². The van der Waals surface area contributed by atoms with Crippen molar-refractivity contribution in [3.05, 3.63) is 69.5 Å². The zero-order valence-corrected chi connectivity index (χ0v) is 11.6. The largest absolute Gasteiger partial charge is 0.272 e. The van der Waals surface area contributed by atoms with Crippen molar-refractivity contribution < 1.29 is 0 Å². The molecule has 0 amide bonds. The Morgan fingerprint density at radius 1 is 1.10 bits per heavy atom. The highest BCUT2D eigenvalue weighted by Crippen LogP contribution is 2.16. The number of H-pyrrole nitrogens is 1. The van der Waals surface area contributed by atoms with Gasteiger partial charge in [0.2, 0.25) is 0 Å². The molecule has 0 saturated carbocycles. The summed E-state index contributed by atoms with van der Waals surface area (Å²) >= 11 is 5.82. The number of benzene rings is 2. The van der Waals surface area contributed by atoms with Crippen molar-refractivity contribution in [2.24, 2.45) is 5.10 Å². The number of halogens is 1. The van der Waals surface area contributed by atoms with Crippen molar-refractivity contribution in [2.45, 2.75) is 0 Å². The van der Waals surface area contributed by atoms with E-state index in [1.165, 1.54) is 0 Å². The van der Waals surface area contributed by atoms with E-state index >= 15 is 0 Å². The summed E-state index contributed by atoms with van der Waals surface area (Å²) in [5, 5.41) is 12.5. The molecule has 0 aliphatic heterocycles. The van der Waals surface area contributed by atoms with Crippen molar-refractivity contribution in [3.8, 4) is 0 Å². The molecule has 0 radical (unpaired) electrons. The minimum atomic E-state index is -0.224. The lowest BCUT2D eigenvalue weighted by molar-refractivity contribution is 1.00. The fraction of sp³-hybridized carbons (Fsp3) is 0. The molecule has 6 heteroatoms. The van der Waals surface area contributed by atoms with E-state index in [0.29, 0.717) is 16.2 Å². The van der Waals surface area contributed by atoms with Gasteiger partial charge in [0.1, 0.15) is 0 Å². The Hall–Kier alpha value is -2.66.